The highest BCUT2D eigenvalue weighted by molar-refractivity contribution is 5.80. The number of hydrogen-bond donors (Lipinski definition) is 2. The van der Waals surface area contributed by atoms with E-state index >= 15 is 0 Å². The maximum absolute atomic E-state index is 13.2. The number of ether oxygens (including phenoxy) is 1. The SMILES string of the molecule is O=C(O)C1(C(CCCc2ccc(F)cc2)c2ccc(OCc3ccc4ccccc4n3)cc2)NO1. The van der Waals surface area contributed by atoms with Crippen LogP contribution in [-0.2, 0) is 22.7 Å². The van der Waals surface area contributed by atoms with E-state index in [1.807, 2.05) is 60.7 Å². The molecular formula is C28H25FN2O4. The Labute approximate surface area is 202 Å². The molecule has 0 aliphatic carbocycles. The number of aryl methyl sites for hydroxylation is 1. The summed E-state index contributed by atoms with van der Waals surface area (Å²) in [4.78, 5) is 21.8. The van der Waals surface area contributed by atoms with Crippen LogP contribution in [0, 0.1) is 5.82 Å². The van der Waals surface area contributed by atoms with Crippen LogP contribution in [0.15, 0.2) is 84.9 Å². The molecule has 1 fully saturated rings. The molecule has 2 N–H and O–H groups in total. The van der Waals surface area contributed by atoms with E-state index in [1.165, 1.54) is 12.1 Å². The quantitative estimate of drug-likeness (QED) is 0.301. The maximum atomic E-state index is 13.2. The van der Waals surface area contributed by atoms with Crippen molar-refractivity contribution in [1.82, 2.24) is 10.5 Å². The van der Waals surface area contributed by atoms with Crippen LogP contribution in [0.1, 0.15) is 35.6 Å². The Kier molecular flexibility index (Phi) is 6.44. The zero-order valence-corrected chi connectivity index (χ0v) is 19.0. The summed E-state index contributed by atoms with van der Waals surface area (Å²) in [7, 11) is 0. The van der Waals surface area contributed by atoms with Crippen LogP contribution < -0.4 is 10.2 Å². The van der Waals surface area contributed by atoms with Crippen LogP contribution in [0.2, 0.25) is 0 Å². The monoisotopic (exact) mass is 472 g/mol. The van der Waals surface area contributed by atoms with E-state index in [0.717, 1.165) is 34.1 Å². The first-order valence-corrected chi connectivity index (χ1v) is 11.5. The Morgan fingerprint density at radius 2 is 1.77 bits per heavy atom. The molecule has 178 valence electrons. The van der Waals surface area contributed by atoms with Crippen LogP contribution in [-0.4, -0.2) is 21.8 Å². The fourth-order valence-corrected chi connectivity index (χ4v) is 4.34. The summed E-state index contributed by atoms with van der Waals surface area (Å²) < 4.78 is 19.1. The minimum absolute atomic E-state index is 0.272. The predicted molar refractivity (Wildman–Crippen MR) is 129 cm³/mol. The molecule has 4 aromatic rings. The number of halogens is 1. The van der Waals surface area contributed by atoms with E-state index in [0.29, 0.717) is 25.2 Å². The average Bonchev–Trinajstić information content (AvgIpc) is 3.69. The lowest BCUT2D eigenvalue weighted by Crippen LogP contribution is -2.35. The molecule has 1 aromatic heterocycles. The lowest BCUT2D eigenvalue weighted by atomic mass is 9.85. The van der Waals surface area contributed by atoms with Crippen molar-refractivity contribution in [2.45, 2.75) is 37.5 Å². The molecule has 0 spiro atoms. The fourth-order valence-electron chi connectivity index (χ4n) is 4.34. The van der Waals surface area contributed by atoms with Crippen molar-refractivity contribution in [2.24, 2.45) is 0 Å². The number of carbonyl (C=O) groups is 1. The van der Waals surface area contributed by atoms with Crippen molar-refractivity contribution >= 4 is 16.9 Å². The third kappa shape index (κ3) is 5.16. The van der Waals surface area contributed by atoms with Gasteiger partial charge < -0.3 is 9.84 Å². The van der Waals surface area contributed by atoms with Crippen molar-refractivity contribution in [3.8, 4) is 5.75 Å². The van der Waals surface area contributed by atoms with Crippen LogP contribution in [0.5, 0.6) is 5.75 Å². The molecular weight excluding hydrogens is 447 g/mol. The van der Waals surface area contributed by atoms with Gasteiger partial charge in [0.2, 0.25) is 0 Å². The van der Waals surface area contributed by atoms with Gasteiger partial charge in [0.15, 0.2) is 0 Å². The second-order valence-corrected chi connectivity index (χ2v) is 8.67. The van der Waals surface area contributed by atoms with Gasteiger partial charge in [0.05, 0.1) is 11.2 Å². The van der Waals surface area contributed by atoms with Gasteiger partial charge in [-0.1, -0.05) is 48.5 Å². The number of carboxylic acid groups (broad SMARTS) is 1. The third-order valence-electron chi connectivity index (χ3n) is 6.33. The third-order valence-corrected chi connectivity index (χ3v) is 6.33. The number of aromatic nitrogens is 1. The van der Waals surface area contributed by atoms with E-state index in [4.69, 9.17) is 9.57 Å². The van der Waals surface area contributed by atoms with Gasteiger partial charge in [0, 0.05) is 11.3 Å². The van der Waals surface area contributed by atoms with Gasteiger partial charge in [-0.2, -0.15) is 5.48 Å². The molecule has 2 heterocycles. The van der Waals surface area contributed by atoms with Gasteiger partial charge in [-0.15, -0.1) is 0 Å². The molecule has 0 amide bonds. The lowest BCUT2D eigenvalue weighted by Gasteiger charge is -2.20. The van der Waals surface area contributed by atoms with Crippen molar-refractivity contribution in [2.75, 3.05) is 0 Å². The highest BCUT2D eigenvalue weighted by Gasteiger charge is 2.59. The smallest absolute Gasteiger partial charge is 0.356 e. The molecule has 2 unspecified atom stereocenters. The highest BCUT2D eigenvalue weighted by Crippen LogP contribution is 2.41. The number of aliphatic carboxylic acids is 1. The number of carboxylic acids is 1. The summed E-state index contributed by atoms with van der Waals surface area (Å²) in [5.41, 5.74) is 4.75. The van der Waals surface area contributed by atoms with E-state index < -0.39 is 17.6 Å². The Balaban J connectivity index is 1.25. The number of hydroxylamine groups is 1. The van der Waals surface area contributed by atoms with Crippen LogP contribution in [0.3, 0.4) is 0 Å². The summed E-state index contributed by atoms with van der Waals surface area (Å²) in [6, 6.07) is 25.7. The van der Waals surface area contributed by atoms with Crippen LogP contribution in [0.25, 0.3) is 10.9 Å². The standard InChI is InChI=1S/C28H25FN2O4/c29-22-13-8-19(9-14-22)4-3-6-25(28(27(32)33)31-35-28)20-11-16-24(17-12-20)34-18-23-15-10-21-5-1-2-7-26(21)30-23/h1-2,5,7-17,25,31H,3-4,6,18H2,(H,32,33). The molecule has 0 saturated carbocycles. The molecule has 6 nitrogen and oxygen atoms in total. The molecule has 5 rings (SSSR count). The summed E-state index contributed by atoms with van der Waals surface area (Å²) >= 11 is 0. The number of benzene rings is 3. The second kappa shape index (κ2) is 9.82. The zero-order valence-electron chi connectivity index (χ0n) is 19.0. The van der Waals surface area contributed by atoms with E-state index in [-0.39, 0.29) is 5.82 Å². The van der Waals surface area contributed by atoms with Gasteiger partial charge >= 0.3 is 5.97 Å². The first-order chi connectivity index (χ1) is 17.0. The van der Waals surface area contributed by atoms with Crippen molar-refractivity contribution in [3.05, 3.63) is 108 Å². The molecule has 1 aliphatic rings. The van der Waals surface area contributed by atoms with Crippen molar-refractivity contribution in [3.63, 3.8) is 0 Å². The van der Waals surface area contributed by atoms with E-state index in [9.17, 15) is 14.3 Å². The topological polar surface area (TPSA) is 93.9 Å². The average molecular weight is 473 g/mol. The molecule has 3 aromatic carbocycles. The molecule has 1 aliphatic heterocycles. The molecule has 0 radical (unpaired) electrons. The lowest BCUT2D eigenvalue weighted by molar-refractivity contribution is -0.144. The number of fused-ring (bicyclic) bond motifs is 1. The molecule has 1 saturated heterocycles. The van der Waals surface area contributed by atoms with Gasteiger partial charge in [0.25, 0.3) is 5.72 Å². The van der Waals surface area contributed by atoms with Crippen molar-refractivity contribution < 1.29 is 23.9 Å². The fraction of sp³-hybridized carbons (Fsp3) is 0.214. The molecule has 7 heteroatoms. The number of pyridine rings is 1. The number of nitrogens with zero attached hydrogens (tertiary/aromatic N) is 1. The highest BCUT2D eigenvalue weighted by atomic mass is 19.1. The Hall–Kier alpha value is -3.81. The number of rotatable bonds is 10. The summed E-state index contributed by atoms with van der Waals surface area (Å²) in [5, 5.41) is 10.8. The Morgan fingerprint density at radius 3 is 2.49 bits per heavy atom. The summed E-state index contributed by atoms with van der Waals surface area (Å²) in [6.45, 7) is 0.328. The minimum atomic E-state index is -1.43. The second-order valence-electron chi connectivity index (χ2n) is 8.67. The normalized spacial score (nSPS) is 17.7. The molecule has 0 bridgehead atoms. The predicted octanol–water partition coefficient (Wildman–Crippen LogP) is 5.38. The van der Waals surface area contributed by atoms with Crippen molar-refractivity contribution in [1.29, 1.82) is 0 Å². The van der Waals surface area contributed by atoms with E-state index in [2.05, 4.69) is 10.5 Å². The zero-order chi connectivity index (χ0) is 24.3. The van der Waals surface area contributed by atoms with Gasteiger partial charge in [-0.05, 0) is 66.8 Å². The largest absolute Gasteiger partial charge is 0.487 e. The summed E-state index contributed by atoms with van der Waals surface area (Å²) in [6.07, 6.45) is 2.02. The number of nitrogens with one attached hydrogen (secondary N) is 1. The first kappa shape index (κ1) is 23.0. The summed E-state index contributed by atoms with van der Waals surface area (Å²) in [5.74, 6) is -1.04. The number of hydrogen-bond acceptors (Lipinski definition) is 5. The van der Waals surface area contributed by atoms with Gasteiger partial charge in [-0.25, -0.2) is 14.2 Å². The molecule has 35 heavy (non-hydrogen) atoms. The number of para-hydroxylation sites is 1. The van der Waals surface area contributed by atoms with Crippen LogP contribution in [0.4, 0.5) is 4.39 Å². The van der Waals surface area contributed by atoms with Gasteiger partial charge in [0.1, 0.15) is 18.2 Å². The Bertz CT molecular complexity index is 1320. The van der Waals surface area contributed by atoms with Crippen LogP contribution >= 0.6 is 0 Å². The first-order valence-electron chi connectivity index (χ1n) is 11.5. The van der Waals surface area contributed by atoms with Gasteiger partial charge in [-0.3, -0.25) is 4.84 Å². The minimum Gasteiger partial charge on any atom is -0.487 e. The Morgan fingerprint density at radius 1 is 1.03 bits per heavy atom. The molecule has 2 atom stereocenters. The maximum Gasteiger partial charge on any atom is 0.356 e. The van der Waals surface area contributed by atoms with E-state index in [1.54, 1.807) is 12.1 Å².